The zero-order chi connectivity index (χ0) is 23.5. The number of aromatic nitrogens is 4. The number of rotatable bonds is 7. The van der Waals surface area contributed by atoms with Crippen LogP contribution in [-0.2, 0) is 11.2 Å². The number of anilines is 1. The lowest BCUT2D eigenvalue weighted by molar-refractivity contribution is -0.126. The number of methoxy groups -OCH3 is 1. The molecule has 1 atom stereocenters. The number of hydrogen-bond donors (Lipinski definition) is 1. The summed E-state index contributed by atoms with van der Waals surface area (Å²) in [5.41, 5.74) is 1.60. The first-order valence-corrected chi connectivity index (χ1v) is 11.6. The molecule has 5 rings (SSSR count). The molecule has 1 aliphatic rings. The highest BCUT2D eigenvalue weighted by Gasteiger charge is 2.27. The lowest BCUT2D eigenvalue weighted by Crippen LogP contribution is -2.44. The highest BCUT2D eigenvalue weighted by Crippen LogP contribution is 2.25. The van der Waals surface area contributed by atoms with Crippen LogP contribution >= 0.6 is 0 Å². The summed E-state index contributed by atoms with van der Waals surface area (Å²) in [5, 5.41) is 16.5. The Kier molecular flexibility index (Phi) is 6.16. The van der Waals surface area contributed by atoms with Crippen molar-refractivity contribution in [3.8, 4) is 17.1 Å². The van der Waals surface area contributed by atoms with Gasteiger partial charge in [-0.15, -0.1) is 15.3 Å². The number of fused-ring (bicyclic) bond motifs is 1. The standard InChI is InChI=1S/C25H28N6O3/c1-17(16-21-4-3-15-34-21)26-25(32)19-11-13-30(14-12-19)23-10-9-22-27-28-24(31(22)29-23)18-5-7-20(33-2)8-6-18/h3-10,15,17,19H,11-14,16H2,1-2H3,(H,26,32)/t17-/m0/s1. The second-order valence-corrected chi connectivity index (χ2v) is 8.67. The van der Waals surface area contributed by atoms with E-state index in [1.165, 1.54) is 0 Å². The van der Waals surface area contributed by atoms with E-state index in [-0.39, 0.29) is 17.9 Å². The van der Waals surface area contributed by atoms with Crippen molar-refractivity contribution in [2.45, 2.75) is 32.2 Å². The molecule has 4 heterocycles. The minimum Gasteiger partial charge on any atom is -0.497 e. The smallest absolute Gasteiger partial charge is 0.223 e. The summed E-state index contributed by atoms with van der Waals surface area (Å²) in [7, 11) is 1.64. The molecule has 1 fully saturated rings. The Morgan fingerprint density at radius 2 is 1.94 bits per heavy atom. The summed E-state index contributed by atoms with van der Waals surface area (Å²) in [6.45, 7) is 3.54. The maximum Gasteiger partial charge on any atom is 0.223 e. The summed E-state index contributed by atoms with van der Waals surface area (Å²) in [6, 6.07) is 15.4. The molecule has 0 unspecified atom stereocenters. The molecular weight excluding hydrogens is 432 g/mol. The molecule has 0 bridgehead atoms. The molecule has 4 aromatic rings. The van der Waals surface area contributed by atoms with Gasteiger partial charge in [0, 0.05) is 37.0 Å². The van der Waals surface area contributed by atoms with E-state index in [4.69, 9.17) is 14.3 Å². The van der Waals surface area contributed by atoms with Gasteiger partial charge in [-0.2, -0.15) is 4.52 Å². The summed E-state index contributed by atoms with van der Waals surface area (Å²) in [4.78, 5) is 15.0. The van der Waals surface area contributed by atoms with Crippen LogP contribution in [0.4, 0.5) is 5.82 Å². The fraction of sp³-hybridized carbons (Fsp3) is 0.360. The molecule has 34 heavy (non-hydrogen) atoms. The average molecular weight is 461 g/mol. The molecule has 3 aromatic heterocycles. The van der Waals surface area contributed by atoms with Gasteiger partial charge in [0.25, 0.3) is 0 Å². The lowest BCUT2D eigenvalue weighted by atomic mass is 9.95. The normalized spacial score (nSPS) is 15.4. The number of carbonyl (C=O) groups excluding carboxylic acids is 1. The van der Waals surface area contributed by atoms with E-state index < -0.39 is 0 Å². The van der Waals surface area contributed by atoms with E-state index >= 15 is 0 Å². The Balaban J connectivity index is 1.23. The zero-order valence-electron chi connectivity index (χ0n) is 19.3. The molecular formula is C25H28N6O3. The molecule has 0 spiro atoms. The summed E-state index contributed by atoms with van der Waals surface area (Å²) < 4.78 is 12.4. The molecule has 9 heteroatoms. The number of hydrogen-bond acceptors (Lipinski definition) is 7. The van der Waals surface area contributed by atoms with Crippen molar-refractivity contribution in [2.24, 2.45) is 5.92 Å². The maximum atomic E-state index is 12.8. The topological polar surface area (TPSA) is 97.8 Å². The number of amides is 1. The van der Waals surface area contributed by atoms with E-state index in [2.05, 4.69) is 20.4 Å². The Morgan fingerprint density at radius 3 is 2.65 bits per heavy atom. The van der Waals surface area contributed by atoms with E-state index in [1.807, 2.05) is 55.5 Å². The van der Waals surface area contributed by atoms with Gasteiger partial charge in [-0.25, -0.2) is 0 Å². The molecule has 1 N–H and O–H groups in total. The summed E-state index contributed by atoms with van der Waals surface area (Å²) in [6.07, 6.45) is 3.92. The van der Waals surface area contributed by atoms with Gasteiger partial charge >= 0.3 is 0 Å². The Bertz CT molecular complexity index is 1240. The van der Waals surface area contributed by atoms with Gasteiger partial charge in [0.2, 0.25) is 5.91 Å². The zero-order valence-corrected chi connectivity index (χ0v) is 19.3. The highest BCUT2D eigenvalue weighted by atomic mass is 16.5. The van der Waals surface area contributed by atoms with Crippen LogP contribution < -0.4 is 15.0 Å². The van der Waals surface area contributed by atoms with E-state index in [0.29, 0.717) is 17.9 Å². The Labute approximate surface area is 197 Å². The van der Waals surface area contributed by atoms with Crippen molar-refractivity contribution in [3.63, 3.8) is 0 Å². The van der Waals surface area contributed by atoms with E-state index in [9.17, 15) is 4.79 Å². The lowest BCUT2D eigenvalue weighted by Gasteiger charge is -2.32. The van der Waals surface area contributed by atoms with Gasteiger partial charge in [0.1, 0.15) is 17.3 Å². The van der Waals surface area contributed by atoms with Crippen molar-refractivity contribution >= 4 is 17.4 Å². The van der Waals surface area contributed by atoms with Crippen LogP contribution in [0.3, 0.4) is 0 Å². The van der Waals surface area contributed by atoms with Crippen LogP contribution in [0.2, 0.25) is 0 Å². The van der Waals surface area contributed by atoms with Gasteiger partial charge in [0.05, 0.1) is 13.4 Å². The number of benzene rings is 1. The van der Waals surface area contributed by atoms with Crippen molar-refractivity contribution in [3.05, 3.63) is 60.6 Å². The Hall–Kier alpha value is -3.88. The molecule has 1 aliphatic heterocycles. The van der Waals surface area contributed by atoms with Gasteiger partial charge in [-0.05, 0) is 68.3 Å². The quantitative estimate of drug-likeness (QED) is 0.452. The first-order valence-electron chi connectivity index (χ1n) is 11.6. The minimum absolute atomic E-state index is 0.00352. The van der Waals surface area contributed by atoms with Crippen LogP contribution in [0.1, 0.15) is 25.5 Å². The largest absolute Gasteiger partial charge is 0.497 e. The third kappa shape index (κ3) is 4.59. The molecule has 0 radical (unpaired) electrons. The predicted molar refractivity (Wildman–Crippen MR) is 128 cm³/mol. The van der Waals surface area contributed by atoms with Gasteiger partial charge in [0.15, 0.2) is 11.5 Å². The van der Waals surface area contributed by atoms with Crippen molar-refractivity contribution < 1.29 is 13.9 Å². The molecule has 176 valence electrons. The summed E-state index contributed by atoms with van der Waals surface area (Å²) >= 11 is 0. The molecule has 0 saturated carbocycles. The summed E-state index contributed by atoms with van der Waals surface area (Å²) in [5.74, 6) is 3.32. The molecule has 0 aliphatic carbocycles. The van der Waals surface area contributed by atoms with Crippen LogP contribution in [0, 0.1) is 5.92 Å². The Morgan fingerprint density at radius 1 is 1.15 bits per heavy atom. The number of nitrogens with zero attached hydrogens (tertiary/aromatic N) is 5. The minimum atomic E-state index is 0.00352. The van der Waals surface area contributed by atoms with Gasteiger partial charge < -0.3 is 19.4 Å². The molecule has 1 amide bonds. The van der Waals surface area contributed by atoms with Crippen LogP contribution in [0.15, 0.2) is 59.2 Å². The number of furan rings is 1. The first-order chi connectivity index (χ1) is 16.6. The maximum absolute atomic E-state index is 12.8. The third-order valence-corrected chi connectivity index (χ3v) is 6.26. The van der Waals surface area contributed by atoms with E-state index in [0.717, 1.165) is 48.8 Å². The first kappa shape index (κ1) is 21.9. The molecule has 1 saturated heterocycles. The predicted octanol–water partition coefficient (Wildman–Crippen LogP) is 3.36. The van der Waals surface area contributed by atoms with Gasteiger partial charge in [-0.3, -0.25) is 4.79 Å². The van der Waals surface area contributed by atoms with Gasteiger partial charge in [-0.1, -0.05) is 0 Å². The fourth-order valence-corrected chi connectivity index (χ4v) is 4.38. The third-order valence-electron chi connectivity index (χ3n) is 6.26. The van der Waals surface area contributed by atoms with E-state index in [1.54, 1.807) is 17.9 Å². The monoisotopic (exact) mass is 460 g/mol. The highest BCUT2D eigenvalue weighted by molar-refractivity contribution is 5.79. The molecule has 1 aromatic carbocycles. The van der Waals surface area contributed by atoms with Crippen LogP contribution in [-0.4, -0.2) is 52.0 Å². The number of carbonyl (C=O) groups is 1. The number of nitrogens with one attached hydrogen (secondary N) is 1. The van der Waals surface area contributed by atoms with Crippen LogP contribution in [0.25, 0.3) is 17.0 Å². The van der Waals surface area contributed by atoms with Crippen molar-refractivity contribution in [1.82, 2.24) is 25.1 Å². The number of ether oxygens (including phenoxy) is 1. The SMILES string of the molecule is COc1ccc(-c2nnc3ccc(N4CCC(C(=O)N[C@@H](C)Cc5ccco5)CC4)nn23)cc1. The average Bonchev–Trinajstić information content (AvgIpc) is 3.53. The number of piperidine rings is 1. The second kappa shape index (κ2) is 9.54. The van der Waals surface area contributed by atoms with Crippen molar-refractivity contribution in [1.29, 1.82) is 0 Å². The van der Waals surface area contributed by atoms with Crippen molar-refractivity contribution in [2.75, 3.05) is 25.1 Å². The second-order valence-electron chi connectivity index (χ2n) is 8.67. The fourth-order valence-electron chi connectivity index (χ4n) is 4.38. The molecule has 9 nitrogen and oxygen atoms in total. The van der Waals surface area contributed by atoms with Crippen LogP contribution in [0.5, 0.6) is 5.75 Å².